The third-order valence-electron chi connectivity index (χ3n) is 2.06. The van der Waals surface area contributed by atoms with Crippen LogP contribution in [0, 0.1) is 11.6 Å². The predicted molar refractivity (Wildman–Crippen MR) is 65.2 cm³/mol. The van der Waals surface area contributed by atoms with Gasteiger partial charge in [-0.3, -0.25) is 0 Å². The Balaban J connectivity index is 2.50. The molecule has 0 aliphatic rings. The number of halogens is 3. The van der Waals surface area contributed by atoms with Gasteiger partial charge < -0.3 is 16.3 Å². The fraction of sp³-hybridized carbons (Fsp3) is 0.300. The van der Waals surface area contributed by atoms with Crippen molar-refractivity contribution in [3.63, 3.8) is 0 Å². The predicted octanol–water partition coefficient (Wildman–Crippen LogP) is 2.67. The molecule has 1 aromatic rings. The van der Waals surface area contributed by atoms with E-state index in [1.54, 1.807) is 0 Å². The van der Waals surface area contributed by atoms with Crippen molar-refractivity contribution in [3.05, 3.63) is 28.2 Å². The number of nitrogens with one attached hydrogen (secondary N) is 1. The van der Waals surface area contributed by atoms with Crippen molar-refractivity contribution in [2.45, 2.75) is 12.8 Å². The smallest absolute Gasteiger partial charge is 0.149 e. The topological polar surface area (TPSA) is 70.6 Å². The number of amidine groups is 1. The van der Waals surface area contributed by atoms with E-state index in [2.05, 4.69) is 26.4 Å². The van der Waals surface area contributed by atoms with E-state index in [0.717, 1.165) is 6.07 Å². The first kappa shape index (κ1) is 13.7. The first-order valence-corrected chi connectivity index (χ1v) is 5.68. The zero-order valence-electron chi connectivity index (χ0n) is 8.88. The van der Waals surface area contributed by atoms with Gasteiger partial charge in [-0.25, -0.2) is 8.78 Å². The minimum absolute atomic E-state index is 0.118. The SMILES string of the molecule is N/C(CCCNc1cc(Br)c(F)cc1F)=N/O. The number of oxime groups is 1. The Kier molecular flexibility index (Phi) is 5.14. The highest BCUT2D eigenvalue weighted by Gasteiger charge is 2.07. The maximum absolute atomic E-state index is 13.3. The molecule has 94 valence electrons. The lowest BCUT2D eigenvalue weighted by Gasteiger charge is -2.08. The summed E-state index contributed by atoms with van der Waals surface area (Å²) in [4.78, 5) is 0. The monoisotopic (exact) mass is 307 g/mol. The van der Waals surface area contributed by atoms with Gasteiger partial charge in [-0.1, -0.05) is 5.16 Å². The van der Waals surface area contributed by atoms with Crippen molar-refractivity contribution in [2.24, 2.45) is 10.9 Å². The molecule has 0 heterocycles. The lowest BCUT2D eigenvalue weighted by Crippen LogP contribution is -2.13. The Morgan fingerprint density at radius 2 is 2.12 bits per heavy atom. The van der Waals surface area contributed by atoms with Gasteiger partial charge in [-0.15, -0.1) is 0 Å². The summed E-state index contributed by atoms with van der Waals surface area (Å²) in [7, 11) is 0. The molecule has 4 N–H and O–H groups in total. The summed E-state index contributed by atoms with van der Waals surface area (Å²) in [5, 5.41) is 13.9. The Labute approximate surface area is 106 Å². The average Bonchev–Trinajstić information content (AvgIpc) is 2.30. The summed E-state index contributed by atoms with van der Waals surface area (Å²) >= 11 is 2.97. The molecule has 0 fully saturated rings. The summed E-state index contributed by atoms with van der Waals surface area (Å²) in [6.45, 7) is 0.436. The van der Waals surface area contributed by atoms with Crippen LogP contribution in [0.3, 0.4) is 0 Å². The van der Waals surface area contributed by atoms with Gasteiger partial charge in [0.25, 0.3) is 0 Å². The normalized spacial score (nSPS) is 11.6. The summed E-state index contributed by atoms with van der Waals surface area (Å²) in [5.41, 5.74) is 5.47. The Morgan fingerprint density at radius 3 is 2.76 bits per heavy atom. The van der Waals surface area contributed by atoms with Gasteiger partial charge in [-0.05, 0) is 28.4 Å². The molecule has 0 aliphatic carbocycles. The second kappa shape index (κ2) is 6.39. The molecule has 0 saturated heterocycles. The molecule has 0 amide bonds. The van der Waals surface area contributed by atoms with Gasteiger partial charge in [0.05, 0.1) is 10.2 Å². The summed E-state index contributed by atoms with van der Waals surface area (Å²) < 4.78 is 26.4. The van der Waals surface area contributed by atoms with Crippen molar-refractivity contribution >= 4 is 27.5 Å². The van der Waals surface area contributed by atoms with E-state index in [1.165, 1.54) is 6.07 Å². The van der Waals surface area contributed by atoms with Gasteiger partial charge in [0.1, 0.15) is 17.5 Å². The standard InChI is InChI=1S/C10H12BrF2N3O/c11-6-4-9(8(13)5-7(6)12)15-3-1-2-10(14)16-17/h4-5,15,17H,1-3H2,(H2,14,16). The van der Waals surface area contributed by atoms with E-state index in [9.17, 15) is 8.78 Å². The van der Waals surface area contributed by atoms with Crippen molar-refractivity contribution < 1.29 is 14.0 Å². The van der Waals surface area contributed by atoms with Crippen molar-refractivity contribution in [1.82, 2.24) is 0 Å². The molecule has 0 spiro atoms. The van der Waals surface area contributed by atoms with Crippen LogP contribution >= 0.6 is 15.9 Å². The molecule has 0 radical (unpaired) electrons. The molecule has 1 aromatic carbocycles. The quantitative estimate of drug-likeness (QED) is 0.196. The van der Waals surface area contributed by atoms with Crippen LogP contribution in [0.1, 0.15) is 12.8 Å². The highest BCUT2D eigenvalue weighted by atomic mass is 79.9. The van der Waals surface area contributed by atoms with E-state index < -0.39 is 11.6 Å². The highest BCUT2D eigenvalue weighted by Crippen LogP contribution is 2.23. The molecule has 0 aromatic heterocycles. The lowest BCUT2D eigenvalue weighted by atomic mass is 10.2. The van der Waals surface area contributed by atoms with Gasteiger partial charge in [0.15, 0.2) is 0 Å². The lowest BCUT2D eigenvalue weighted by molar-refractivity contribution is 0.316. The van der Waals surface area contributed by atoms with Crippen molar-refractivity contribution in [3.8, 4) is 0 Å². The number of nitrogens with two attached hydrogens (primary N) is 1. The number of benzene rings is 1. The number of anilines is 1. The van der Waals surface area contributed by atoms with Gasteiger partial charge >= 0.3 is 0 Å². The van der Waals surface area contributed by atoms with E-state index in [-0.39, 0.29) is 16.0 Å². The number of rotatable bonds is 5. The Morgan fingerprint density at radius 1 is 1.41 bits per heavy atom. The molecule has 7 heteroatoms. The third kappa shape index (κ3) is 4.18. The van der Waals surface area contributed by atoms with E-state index in [0.29, 0.717) is 19.4 Å². The van der Waals surface area contributed by atoms with Crippen LogP contribution in [-0.2, 0) is 0 Å². The minimum atomic E-state index is -0.658. The zero-order valence-corrected chi connectivity index (χ0v) is 10.5. The van der Waals surface area contributed by atoms with Crippen LogP contribution in [0.4, 0.5) is 14.5 Å². The molecule has 1 rings (SSSR count). The molecule has 0 unspecified atom stereocenters. The number of hydrogen-bond donors (Lipinski definition) is 3. The minimum Gasteiger partial charge on any atom is -0.409 e. The molecule has 0 bridgehead atoms. The molecule has 4 nitrogen and oxygen atoms in total. The average molecular weight is 308 g/mol. The van der Waals surface area contributed by atoms with Crippen molar-refractivity contribution in [1.29, 1.82) is 0 Å². The molecular weight excluding hydrogens is 296 g/mol. The second-order valence-corrected chi connectivity index (χ2v) is 4.22. The van der Waals surface area contributed by atoms with Crippen molar-refractivity contribution in [2.75, 3.05) is 11.9 Å². The van der Waals surface area contributed by atoms with Crippen LogP contribution in [0.25, 0.3) is 0 Å². The first-order valence-electron chi connectivity index (χ1n) is 4.89. The van der Waals surface area contributed by atoms with E-state index in [4.69, 9.17) is 10.9 Å². The first-order chi connectivity index (χ1) is 8.04. The number of nitrogens with zero attached hydrogens (tertiary/aromatic N) is 1. The van der Waals surface area contributed by atoms with E-state index in [1.807, 2.05) is 0 Å². The molecule has 0 aliphatic heterocycles. The van der Waals surface area contributed by atoms with Gasteiger partial charge in [-0.2, -0.15) is 0 Å². The maximum Gasteiger partial charge on any atom is 0.149 e. The molecule has 0 saturated carbocycles. The van der Waals surface area contributed by atoms with Gasteiger partial charge in [0.2, 0.25) is 0 Å². The van der Waals surface area contributed by atoms with Crippen LogP contribution in [0.15, 0.2) is 21.8 Å². The second-order valence-electron chi connectivity index (χ2n) is 3.37. The third-order valence-corrected chi connectivity index (χ3v) is 2.67. The summed E-state index contributed by atoms with van der Waals surface area (Å²) in [6, 6.07) is 2.13. The van der Waals surface area contributed by atoms with Crippen LogP contribution in [-0.4, -0.2) is 17.6 Å². The summed E-state index contributed by atoms with van der Waals surface area (Å²) in [5.74, 6) is -1.19. The fourth-order valence-electron chi connectivity index (χ4n) is 1.20. The van der Waals surface area contributed by atoms with Crippen LogP contribution in [0.2, 0.25) is 0 Å². The van der Waals surface area contributed by atoms with E-state index >= 15 is 0 Å². The fourth-order valence-corrected chi connectivity index (χ4v) is 1.54. The van der Waals surface area contributed by atoms with Crippen LogP contribution < -0.4 is 11.1 Å². The molecular formula is C10H12BrF2N3O. The van der Waals surface area contributed by atoms with Gasteiger partial charge in [0, 0.05) is 19.0 Å². The largest absolute Gasteiger partial charge is 0.409 e. The summed E-state index contributed by atoms with van der Waals surface area (Å²) in [6.07, 6.45) is 0.970. The molecule has 17 heavy (non-hydrogen) atoms. The zero-order chi connectivity index (χ0) is 12.8. The Bertz CT molecular complexity index is 426. The Hall–Kier alpha value is -1.37. The molecule has 0 atom stereocenters. The van der Waals surface area contributed by atoms with Crippen LogP contribution in [0.5, 0.6) is 0 Å². The maximum atomic E-state index is 13.3. The highest BCUT2D eigenvalue weighted by molar-refractivity contribution is 9.10. The number of hydrogen-bond acceptors (Lipinski definition) is 3.